The molecule has 1 aromatic heterocycles. The summed E-state index contributed by atoms with van der Waals surface area (Å²) in [6, 6.07) is 5.23. The largest absolute Gasteiger partial charge is 0.478 e. The van der Waals surface area contributed by atoms with Gasteiger partial charge in [0.1, 0.15) is 0 Å². The van der Waals surface area contributed by atoms with Crippen molar-refractivity contribution >= 4 is 16.9 Å². The molecule has 4 nitrogen and oxygen atoms in total. The van der Waals surface area contributed by atoms with E-state index in [0.29, 0.717) is 11.5 Å². The third-order valence-electron chi connectivity index (χ3n) is 3.62. The van der Waals surface area contributed by atoms with E-state index in [-0.39, 0.29) is 0 Å². The van der Waals surface area contributed by atoms with Crippen LogP contribution >= 0.6 is 0 Å². The predicted molar refractivity (Wildman–Crippen MR) is 64.3 cm³/mol. The Labute approximate surface area is 98.9 Å². The monoisotopic (exact) mass is 230 g/mol. The molecule has 1 heterocycles. The van der Waals surface area contributed by atoms with Crippen molar-refractivity contribution < 1.29 is 9.90 Å². The molecule has 0 radical (unpaired) electrons. The number of aromatic nitrogens is 2. The fourth-order valence-electron chi connectivity index (χ4n) is 2.41. The number of rotatable bonds is 2. The Kier molecular flexibility index (Phi) is 2.18. The van der Waals surface area contributed by atoms with E-state index in [0.717, 1.165) is 16.6 Å². The number of fused-ring (bicyclic) bond motifs is 1. The van der Waals surface area contributed by atoms with Crippen LogP contribution in [0.4, 0.5) is 0 Å². The van der Waals surface area contributed by atoms with Gasteiger partial charge in [0.05, 0.1) is 16.8 Å². The molecule has 4 heteroatoms. The lowest BCUT2D eigenvalue weighted by Crippen LogP contribution is -2.10. The number of carboxylic acid groups (broad SMARTS) is 1. The molecule has 1 aliphatic carbocycles. The number of aryl methyl sites for hydroxylation is 1. The summed E-state index contributed by atoms with van der Waals surface area (Å²) in [6.07, 6.45) is 3.59. The number of carboxylic acids is 1. The second kappa shape index (κ2) is 3.58. The van der Waals surface area contributed by atoms with E-state index in [1.165, 1.54) is 19.3 Å². The highest BCUT2D eigenvalue weighted by Gasteiger charge is 2.25. The topological polar surface area (TPSA) is 55.1 Å². The van der Waals surface area contributed by atoms with E-state index in [4.69, 9.17) is 5.11 Å². The van der Waals surface area contributed by atoms with E-state index in [1.807, 2.05) is 17.8 Å². The molecule has 1 saturated carbocycles. The Hall–Kier alpha value is -1.84. The number of hydrogen-bond acceptors (Lipinski definition) is 2. The third kappa shape index (κ3) is 1.52. The zero-order chi connectivity index (χ0) is 12.0. The Morgan fingerprint density at radius 1 is 1.47 bits per heavy atom. The summed E-state index contributed by atoms with van der Waals surface area (Å²) in [5.74, 6) is -0.363. The van der Waals surface area contributed by atoms with Crippen molar-refractivity contribution in [2.24, 2.45) is 7.05 Å². The van der Waals surface area contributed by atoms with E-state index in [2.05, 4.69) is 5.10 Å². The first kappa shape index (κ1) is 10.3. The molecule has 0 unspecified atom stereocenters. The molecule has 1 aliphatic rings. The van der Waals surface area contributed by atoms with Crippen LogP contribution in [0.1, 0.15) is 41.2 Å². The van der Waals surface area contributed by atoms with Crippen LogP contribution in [0.15, 0.2) is 18.2 Å². The van der Waals surface area contributed by atoms with Crippen LogP contribution in [0.3, 0.4) is 0 Å². The zero-order valence-electron chi connectivity index (χ0n) is 9.68. The van der Waals surface area contributed by atoms with Gasteiger partial charge < -0.3 is 5.11 Å². The summed E-state index contributed by atoms with van der Waals surface area (Å²) in [5, 5.41) is 14.6. The molecule has 1 N–H and O–H groups in total. The van der Waals surface area contributed by atoms with Gasteiger partial charge in [-0.3, -0.25) is 4.68 Å². The van der Waals surface area contributed by atoms with Gasteiger partial charge >= 0.3 is 5.97 Å². The van der Waals surface area contributed by atoms with Gasteiger partial charge in [0, 0.05) is 18.4 Å². The number of benzene rings is 1. The van der Waals surface area contributed by atoms with Gasteiger partial charge in [-0.25, -0.2) is 4.79 Å². The number of nitrogens with zero attached hydrogens (tertiary/aromatic N) is 2. The van der Waals surface area contributed by atoms with Crippen molar-refractivity contribution in [2.45, 2.75) is 25.2 Å². The Balaban J connectivity index is 2.20. The van der Waals surface area contributed by atoms with Crippen LogP contribution in [0, 0.1) is 0 Å². The lowest BCUT2D eigenvalue weighted by molar-refractivity contribution is 0.0697. The Morgan fingerprint density at radius 2 is 2.24 bits per heavy atom. The van der Waals surface area contributed by atoms with Crippen LogP contribution < -0.4 is 0 Å². The van der Waals surface area contributed by atoms with Crippen molar-refractivity contribution in [2.75, 3.05) is 0 Å². The van der Waals surface area contributed by atoms with Crippen molar-refractivity contribution in [3.8, 4) is 0 Å². The van der Waals surface area contributed by atoms with Crippen molar-refractivity contribution in [3.05, 3.63) is 29.5 Å². The molecule has 88 valence electrons. The van der Waals surface area contributed by atoms with Crippen LogP contribution in [-0.4, -0.2) is 20.9 Å². The predicted octanol–water partition coefficient (Wildman–Crippen LogP) is 2.54. The summed E-state index contributed by atoms with van der Waals surface area (Å²) in [5.41, 5.74) is 2.42. The normalized spacial score (nSPS) is 16.1. The highest BCUT2D eigenvalue weighted by atomic mass is 16.4. The molecule has 0 amide bonds. The van der Waals surface area contributed by atoms with E-state index >= 15 is 0 Å². The fraction of sp³-hybridized carbons (Fsp3) is 0.385. The van der Waals surface area contributed by atoms with Gasteiger partial charge in [0.2, 0.25) is 0 Å². The minimum absolute atomic E-state index is 0.339. The maximum atomic E-state index is 11.0. The van der Waals surface area contributed by atoms with E-state index < -0.39 is 5.97 Å². The minimum atomic E-state index is -0.879. The molecule has 0 aliphatic heterocycles. The van der Waals surface area contributed by atoms with Crippen LogP contribution in [0.2, 0.25) is 0 Å². The molecular formula is C13H14N2O2. The number of hydrogen-bond donors (Lipinski definition) is 1. The average molecular weight is 230 g/mol. The summed E-state index contributed by atoms with van der Waals surface area (Å²) >= 11 is 0. The molecule has 0 bridgehead atoms. The van der Waals surface area contributed by atoms with Gasteiger partial charge in [-0.2, -0.15) is 5.10 Å². The lowest BCUT2D eigenvalue weighted by Gasteiger charge is -2.23. The molecule has 0 atom stereocenters. The quantitative estimate of drug-likeness (QED) is 0.862. The maximum absolute atomic E-state index is 11.0. The van der Waals surface area contributed by atoms with Crippen LogP contribution in [-0.2, 0) is 7.05 Å². The van der Waals surface area contributed by atoms with Crippen molar-refractivity contribution in [1.82, 2.24) is 9.78 Å². The molecule has 1 fully saturated rings. The second-order valence-electron chi connectivity index (χ2n) is 4.67. The Bertz CT molecular complexity index is 597. The summed E-state index contributed by atoms with van der Waals surface area (Å²) in [6.45, 7) is 0. The number of carbonyl (C=O) groups is 1. The summed E-state index contributed by atoms with van der Waals surface area (Å²) in [4.78, 5) is 11.0. The molecule has 2 aromatic rings. The highest BCUT2D eigenvalue weighted by Crippen LogP contribution is 2.39. The SMILES string of the molecule is Cn1nc(C2CCC2)c2cc(C(=O)O)ccc21. The first-order valence-electron chi connectivity index (χ1n) is 5.87. The van der Waals surface area contributed by atoms with Gasteiger partial charge in [0.25, 0.3) is 0 Å². The summed E-state index contributed by atoms with van der Waals surface area (Å²) < 4.78 is 1.84. The molecule has 1 aromatic carbocycles. The lowest BCUT2D eigenvalue weighted by atomic mass is 9.82. The van der Waals surface area contributed by atoms with Gasteiger partial charge in [-0.15, -0.1) is 0 Å². The Morgan fingerprint density at radius 3 is 2.82 bits per heavy atom. The summed E-state index contributed by atoms with van der Waals surface area (Å²) in [7, 11) is 1.91. The van der Waals surface area contributed by atoms with Crippen molar-refractivity contribution in [3.63, 3.8) is 0 Å². The third-order valence-corrected chi connectivity index (χ3v) is 3.62. The smallest absolute Gasteiger partial charge is 0.335 e. The molecule has 0 spiro atoms. The fourth-order valence-corrected chi connectivity index (χ4v) is 2.41. The standard InChI is InChI=1S/C13H14N2O2/c1-15-11-6-5-9(13(16)17)7-10(11)12(14-15)8-3-2-4-8/h5-8H,2-4H2,1H3,(H,16,17). The minimum Gasteiger partial charge on any atom is -0.478 e. The van der Waals surface area contributed by atoms with Crippen LogP contribution in [0.5, 0.6) is 0 Å². The van der Waals surface area contributed by atoms with Gasteiger partial charge in [-0.05, 0) is 31.0 Å². The number of aromatic carboxylic acids is 1. The first-order chi connectivity index (χ1) is 8.16. The molecule has 17 heavy (non-hydrogen) atoms. The van der Waals surface area contributed by atoms with E-state index in [9.17, 15) is 4.79 Å². The molecular weight excluding hydrogens is 216 g/mol. The average Bonchev–Trinajstić information content (AvgIpc) is 2.54. The molecule has 3 rings (SSSR count). The van der Waals surface area contributed by atoms with Crippen LogP contribution in [0.25, 0.3) is 10.9 Å². The molecule has 0 saturated heterocycles. The zero-order valence-corrected chi connectivity index (χ0v) is 9.68. The van der Waals surface area contributed by atoms with Gasteiger partial charge in [0.15, 0.2) is 0 Å². The maximum Gasteiger partial charge on any atom is 0.335 e. The highest BCUT2D eigenvalue weighted by molar-refractivity contribution is 5.94. The van der Waals surface area contributed by atoms with Gasteiger partial charge in [-0.1, -0.05) is 6.42 Å². The first-order valence-corrected chi connectivity index (χ1v) is 5.87. The second-order valence-corrected chi connectivity index (χ2v) is 4.67. The van der Waals surface area contributed by atoms with Crippen molar-refractivity contribution in [1.29, 1.82) is 0 Å². The van der Waals surface area contributed by atoms with E-state index in [1.54, 1.807) is 12.1 Å².